The molecule has 0 radical (unpaired) electrons. The number of aromatic amines is 1. The minimum Gasteiger partial charge on any atom is -0.496 e. The lowest BCUT2D eigenvalue weighted by Gasteiger charge is -2.05. The highest BCUT2D eigenvalue weighted by molar-refractivity contribution is 6.36. The number of methoxy groups -OCH3 is 1. The van der Waals surface area contributed by atoms with E-state index >= 15 is 0 Å². The zero-order valence-electron chi connectivity index (χ0n) is 10.6. The molecule has 0 amide bonds. The molecule has 96 valence electrons. The van der Waals surface area contributed by atoms with Crippen molar-refractivity contribution < 1.29 is 9.53 Å². The summed E-state index contributed by atoms with van der Waals surface area (Å²) in [5, 5.41) is 4.20. The summed E-state index contributed by atoms with van der Waals surface area (Å²) in [5.41, 5.74) is 2.18. The van der Waals surface area contributed by atoms with E-state index in [4.69, 9.17) is 16.3 Å². The minimum absolute atomic E-state index is 0.0156. The van der Waals surface area contributed by atoms with Gasteiger partial charge < -0.3 is 15.0 Å². The highest BCUT2D eigenvalue weighted by atomic mass is 35.5. The summed E-state index contributed by atoms with van der Waals surface area (Å²) in [6.07, 6.45) is 0. The fraction of sp³-hybridized carbons (Fsp3) is 0.308. The lowest BCUT2D eigenvalue weighted by atomic mass is 10.1. The number of Topliss-reactive ketones (excluding diaryl/α,β-unsaturated/α-hetero) is 1. The zero-order valence-corrected chi connectivity index (χ0v) is 11.3. The number of H-pyrrole nitrogens is 1. The summed E-state index contributed by atoms with van der Waals surface area (Å²) in [7, 11) is 3.32. The van der Waals surface area contributed by atoms with Gasteiger partial charge in [-0.2, -0.15) is 0 Å². The van der Waals surface area contributed by atoms with Crippen molar-refractivity contribution >= 4 is 28.3 Å². The Morgan fingerprint density at radius 3 is 2.83 bits per heavy atom. The normalized spacial score (nSPS) is 10.9. The van der Waals surface area contributed by atoms with Crippen LogP contribution in [0.1, 0.15) is 16.1 Å². The number of ether oxygens (including phenoxy) is 1. The lowest BCUT2D eigenvalue weighted by Crippen LogP contribution is -2.19. The highest BCUT2D eigenvalue weighted by Crippen LogP contribution is 2.35. The molecule has 5 heteroatoms. The molecule has 0 aliphatic rings. The molecule has 1 aromatic carbocycles. The Bertz CT molecular complexity index is 605. The Labute approximate surface area is 110 Å². The standard InChI is InChI=1S/C13H15ClN2O2/c1-7-11(9(17)6-15-2)12-10(18-3)5-4-8(14)13(12)16-7/h4-5,15-16H,6H2,1-3H3. The number of hydrogen-bond donors (Lipinski definition) is 2. The summed E-state index contributed by atoms with van der Waals surface area (Å²) in [5.74, 6) is 0.667. The molecule has 4 nitrogen and oxygen atoms in total. The topological polar surface area (TPSA) is 54.1 Å². The SMILES string of the molecule is CNCC(=O)c1c(C)[nH]c2c(Cl)ccc(OC)c12. The molecule has 0 aliphatic carbocycles. The second-order valence-electron chi connectivity index (χ2n) is 4.08. The van der Waals surface area contributed by atoms with E-state index in [1.165, 1.54) is 0 Å². The van der Waals surface area contributed by atoms with Crippen molar-refractivity contribution in [2.45, 2.75) is 6.92 Å². The second-order valence-corrected chi connectivity index (χ2v) is 4.49. The smallest absolute Gasteiger partial charge is 0.179 e. The van der Waals surface area contributed by atoms with Crippen molar-refractivity contribution in [3.8, 4) is 5.75 Å². The predicted molar refractivity (Wildman–Crippen MR) is 72.9 cm³/mol. The first-order valence-electron chi connectivity index (χ1n) is 5.62. The molecule has 2 aromatic rings. The van der Waals surface area contributed by atoms with Gasteiger partial charge in [-0.25, -0.2) is 0 Å². The average Bonchev–Trinajstić information content (AvgIpc) is 2.68. The summed E-state index contributed by atoms with van der Waals surface area (Å²) >= 11 is 6.14. The first-order valence-corrected chi connectivity index (χ1v) is 6.00. The van der Waals surface area contributed by atoms with Crippen LogP contribution in [0.5, 0.6) is 5.75 Å². The Kier molecular flexibility index (Phi) is 3.59. The largest absolute Gasteiger partial charge is 0.496 e. The van der Waals surface area contributed by atoms with E-state index in [9.17, 15) is 4.79 Å². The van der Waals surface area contributed by atoms with Crippen molar-refractivity contribution in [3.05, 3.63) is 28.4 Å². The van der Waals surface area contributed by atoms with Gasteiger partial charge in [-0.05, 0) is 26.1 Å². The van der Waals surface area contributed by atoms with Crippen LogP contribution in [0.4, 0.5) is 0 Å². The Morgan fingerprint density at radius 2 is 2.22 bits per heavy atom. The fourth-order valence-corrected chi connectivity index (χ4v) is 2.34. The average molecular weight is 267 g/mol. The van der Waals surface area contributed by atoms with Crippen molar-refractivity contribution in [1.82, 2.24) is 10.3 Å². The molecule has 0 fully saturated rings. The van der Waals surface area contributed by atoms with Gasteiger partial charge in [0, 0.05) is 5.69 Å². The van der Waals surface area contributed by atoms with Crippen LogP contribution in [0.15, 0.2) is 12.1 Å². The third-order valence-electron chi connectivity index (χ3n) is 2.89. The van der Waals surface area contributed by atoms with Gasteiger partial charge in [-0.3, -0.25) is 4.79 Å². The molecule has 2 rings (SSSR count). The van der Waals surface area contributed by atoms with Crippen LogP contribution in [-0.4, -0.2) is 31.5 Å². The maximum atomic E-state index is 12.1. The molecular formula is C13H15ClN2O2. The van der Waals surface area contributed by atoms with E-state index in [0.717, 1.165) is 16.6 Å². The molecule has 0 spiro atoms. The summed E-state index contributed by atoms with van der Waals surface area (Å²) in [4.78, 5) is 15.3. The number of carbonyl (C=O) groups is 1. The van der Waals surface area contributed by atoms with Crippen LogP contribution in [0.2, 0.25) is 5.02 Å². The van der Waals surface area contributed by atoms with E-state index in [1.54, 1.807) is 26.3 Å². The van der Waals surface area contributed by atoms with Gasteiger partial charge in [0.15, 0.2) is 5.78 Å². The van der Waals surface area contributed by atoms with Crippen molar-refractivity contribution in [2.24, 2.45) is 0 Å². The van der Waals surface area contributed by atoms with E-state index in [2.05, 4.69) is 10.3 Å². The van der Waals surface area contributed by atoms with Crippen LogP contribution in [0, 0.1) is 6.92 Å². The number of benzene rings is 1. The molecule has 1 heterocycles. The number of likely N-dealkylation sites (N-methyl/N-ethyl adjacent to an activating group) is 1. The maximum Gasteiger partial charge on any atom is 0.179 e. The van der Waals surface area contributed by atoms with Gasteiger partial charge in [0.25, 0.3) is 0 Å². The van der Waals surface area contributed by atoms with E-state index in [0.29, 0.717) is 16.3 Å². The monoisotopic (exact) mass is 266 g/mol. The van der Waals surface area contributed by atoms with Crippen molar-refractivity contribution in [1.29, 1.82) is 0 Å². The number of rotatable bonds is 4. The van der Waals surface area contributed by atoms with Crippen LogP contribution < -0.4 is 10.1 Å². The number of hydrogen-bond acceptors (Lipinski definition) is 3. The first kappa shape index (κ1) is 12.9. The van der Waals surface area contributed by atoms with E-state index < -0.39 is 0 Å². The van der Waals surface area contributed by atoms with Crippen molar-refractivity contribution in [2.75, 3.05) is 20.7 Å². The van der Waals surface area contributed by atoms with E-state index in [1.807, 2.05) is 6.92 Å². The van der Waals surface area contributed by atoms with Gasteiger partial charge in [0.2, 0.25) is 0 Å². The molecule has 2 N–H and O–H groups in total. The number of fused-ring (bicyclic) bond motifs is 1. The Balaban J connectivity index is 2.76. The second kappa shape index (κ2) is 5.00. The number of aromatic nitrogens is 1. The van der Waals surface area contributed by atoms with Gasteiger partial charge in [0.1, 0.15) is 5.75 Å². The number of carbonyl (C=O) groups excluding carboxylic acids is 1. The van der Waals surface area contributed by atoms with Crippen LogP contribution >= 0.6 is 11.6 Å². The molecule has 18 heavy (non-hydrogen) atoms. The summed E-state index contributed by atoms with van der Waals surface area (Å²) in [6.45, 7) is 2.14. The summed E-state index contributed by atoms with van der Waals surface area (Å²) in [6, 6.07) is 3.53. The maximum absolute atomic E-state index is 12.1. The van der Waals surface area contributed by atoms with Crippen molar-refractivity contribution in [3.63, 3.8) is 0 Å². The first-order chi connectivity index (χ1) is 8.60. The molecule has 0 atom stereocenters. The Hall–Kier alpha value is -1.52. The molecular weight excluding hydrogens is 252 g/mol. The molecule has 1 aromatic heterocycles. The van der Waals surface area contributed by atoms with Crippen LogP contribution in [0.25, 0.3) is 10.9 Å². The fourth-order valence-electron chi connectivity index (χ4n) is 2.13. The van der Waals surface area contributed by atoms with Crippen LogP contribution in [0.3, 0.4) is 0 Å². The number of nitrogens with one attached hydrogen (secondary N) is 2. The third-order valence-corrected chi connectivity index (χ3v) is 3.20. The number of ketones is 1. The quantitative estimate of drug-likeness (QED) is 0.836. The molecule has 0 aliphatic heterocycles. The zero-order chi connectivity index (χ0) is 13.3. The number of halogens is 1. The van der Waals surface area contributed by atoms with Crippen LogP contribution in [-0.2, 0) is 0 Å². The lowest BCUT2D eigenvalue weighted by molar-refractivity contribution is 0.0994. The van der Waals surface area contributed by atoms with E-state index in [-0.39, 0.29) is 12.3 Å². The number of aryl methyl sites for hydroxylation is 1. The van der Waals surface area contributed by atoms with Gasteiger partial charge in [-0.15, -0.1) is 0 Å². The van der Waals surface area contributed by atoms with Gasteiger partial charge in [0.05, 0.1) is 35.1 Å². The molecule has 0 unspecified atom stereocenters. The Morgan fingerprint density at radius 1 is 1.50 bits per heavy atom. The van der Waals surface area contributed by atoms with Gasteiger partial charge >= 0.3 is 0 Å². The molecule has 0 saturated heterocycles. The molecule has 0 bridgehead atoms. The summed E-state index contributed by atoms with van der Waals surface area (Å²) < 4.78 is 5.31. The molecule has 0 saturated carbocycles. The van der Waals surface area contributed by atoms with Gasteiger partial charge in [-0.1, -0.05) is 11.6 Å². The minimum atomic E-state index is 0.0156. The third kappa shape index (κ3) is 1.98. The highest BCUT2D eigenvalue weighted by Gasteiger charge is 2.20. The predicted octanol–water partition coefficient (Wildman–Crippen LogP) is 2.54.